The Kier molecular flexibility index (Phi) is 3.07. The van der Waals surface area contributed by atoms with Gasteiger partial charge in [0.25, 0.3) is 0 Å². The first-order valence-corrected chi connectivity index (χ1v) is 6.88. The number of Topliss-reactive ketones (excluding diaryl/α,β-unsaturated/α-hetero) is 2. The maximum Gasteiger partial charge on any atom is 0.174 e. The van der Waals surface area contributed by atoms with Crippen LogP contribution < -0.4 is 0 Å². The highest BCUT2D eigenvalue weighted by Gasteiger charge is 2.35. The zero-order valence-corrected chi connectivity index (χ0v) is 11.7. The van der Waals surface area contributed by atoms with E-state index in [1.54, 1.807) is 18.2 Å². The number of benzene rings is 2. The van der Waals surface area contributed by atoms with Crippen molar-refractivity contribution in [2.45, 2.75) is 6.42 Å². The van der Waals surface area contributed by atoms with E-state index in [0.29, 0.717) is 17.5 Å². The Labute approximate surface area is 119 Å². The Morgan fingerprint density at radius 1 is 1.11 bits per heavy atom. The van der Waals surface area contributed by atoms with Gasteiger partial charge in [-0.15, -0.1) is 0 Å². The van der Waals surface area contributed by atoms with E-state index in [1.165, 1.54) is 0 Å². The maximum atomic E-state index is 12.4. The summed E-state index contributed by atoms with van der Waals surface area (Å²) in [5.74, 6) is -0.707. The average molecular weight is 315 g/mol. The molecule has 1 aliphatic carbocycles. The van der Waals surface area contributed by atoms with E-state index in [9.17, 15) is 9.59 Å². The van der Waals surface area contributed by atoms with Crippen molar-refractivity contribution in [2.24, 2.45) is 5.92 Å². The molecule has 0 N–H and O–H groups in total. The molecule has 0 radical (unpaired) electrons. The van der Waals surface area contributed by atoms with Gasteiger partial charge in [-0.05, 0) is 30.2 Å². The number of carbonyl (C=O) groups excluding carboxylic acids is 2. The number of fused-ring (bicyclic) bond motifs is 1. The van der Waals surface area contributed by atoms with E-state index >= 15 is 0 Å². The standard InChI is InChI=1S/C16H11BrO2/c17-12-6-7-13-11(8-12)9-14(16(13)19)15(18)10-4-2-1-3-5-10/h1-8,14H,9H2. The minimum absolute atomic E-state index is 0.0589. The number of hydrogen-bond donors (Lipinski definition) is 0. The normalized spacial score (nSPS) is 17.3. The van der Waals surface area contributed by atoms with Gasteiger partial charge in [-0.25, -0.2) is 0 Å². The Morgan fingerprint density at radius 2 is 1.84 bits per heavy atom. The molecule has 0 saturated heterocycles. The first-order valence-electron chi connectivity index (χ1n) is 6.09. The number of halogens is 1. The number of carbonyl (C=O) groups is 2. The molecule has 0 bridgehead atoms. The molecule has 3 rings (SSSR count). The summed E-state index contributed by atoms with van der Waals surface area (Å²) in [7, 11) is 0. The second-order valence-corrected chi connectivity index (χ2v) is 5.57. The van der Waals surface area contributed by atoms with Crippen molar-refractivity contribution in [3.05, 3.63) is 69.7 Å². The van der Waals surface area contributed by atoms with Crippen LogP contribution in [0, 0.1) is 5.92 Å². The summed E-state index contributed by atoms with van der Waals surface area (Å²) in [5.41, 5.74) is 2.24. The second kappa shape index (κ2) is 4.74. The van der Waals surface area contributed by atoms with Gasteiger partial charge in [-0.1, -0.05) is 46.3 Å². The molecule has 2 nitrogen and oxygen atoms in total. The lowest BCUT2D eigenvalue weighted by Crippen LogP contribution is -2.20. The van der Waals surface area contributed by atoms with Crippen molar-refractivity contribution >= 4 is 27.5 Å². The van der Waals surface area contributed by atoms with Crippen molar-refractivity contribution in [1.29, 1.82) is 0 Å². The molecule has 94 valence electrons. The molecule has 2 aromatic rings. The first-order chi connectivity index (χ1) is 9.16. The Bertz CT molecular complexity index is 662. The quantitative estimate of drug-likeness (QED) is 0.626. The third-order valence-electron chi connectivity index (χ3n) is 3.45. The van der Waals surface area contributed by atoms with Gasteiger partial charge in [-0.3, -0.25) is 9.59 Å². The summed E-state index contributed by atoms with van der Waals surface area (Å²) < 4.78 is 0.937. The summed E-state index contributed by atoms with van der Waals surface area (Å²) in [6.07, 6.45) is 0.501. The van der Waals surface area contributed by atoms with Gasteiger partial charge in [-0.2, -0.15) is 0 Å². The van der Waals surface area contributed by atoms with Gasteiger partial charge in [0.1, 0.15) is 0 Å². The summed E-state index contributed by atoms with van der Waals surface area (Å²) in [4.78, 5) is 24.7. The molecule has 2 aromatic carbocycles. The first kappa shape index (κ1) is 12.3. The zero-order chi connectivity index (χ0) is 13.4. The Hall–Kier alpha value is -1.74. The van der Waals surface area contributed by atoms with Crippen LogP contribution in [0.1, 0.15) is 26.3 Å². The van der Waals surface area contributed by atoms with Crippen LogP contribution in [0.2, 0.25) is 0 Å². The molecule has 0 amide bonds. The van der Waals surface area contributed by atoms with Crippen molar-refractivity contribution < 1.29 is 9.59 Å². The van der Waals surface area contributed by atoms with E-state index in [2.05, 4.69) is 15.9 Å². The highest BCUT2D eigenvalue weighted by Crippen LogP contribution is 2.31. The van der Waals surface area contributed by atoms with Gasteiger partial charge < -0.3 is 0 Å². The minimum Gasteiger partial charge on any atom is -0.293 e. The molecule has 0 saturated carbocycles. The molecule has 1 aliphatic rings. The lowest BCUT2D eigenvalue weighted by Gasteiger charge is -2.06. The van der Waals surface area contributed by atoms with E-state index < -0.39 is 5.92 Å². The molecule has 1 unspecified atom stereocenters. The molecular weight excluding hydrogens is 304 g/mol. The second-order valence-electron chi connectivity index (χ2n) is 4.65. The molecule has 19 heavy (non-hydrogen) atoms. The Morgan fingerprint density at radius 3 is 2.58 bits per heavy atom. The highest BCUT2D eigenvalue weighted by molar-refractivity contribution is 9.10. The van der Waals surface area contributed by atoms with Crippen molar-refractivity contribution in [2.75, 3.05) is 0 Å². The Balaban J connectivity index is 1.94. The van der Waals surface area contributed by atoms with Crippen LogP contribution in [0.15, 0.2) is 53.0 Å². The van der Waals surface area contributed by atoms with Crippen LogP contribution >= 0.6 is 15.9 Å². The summed E-state index contributed by atoms with van der Waals surface area (Å²) in [6, 6.07) is 14.6. The third kappa shape index (κ3) is 2.15. The molecule has 0 heterocycles. The molecule has 1 atom stereocenters. The van der Waals surface area contributed by atoms with Crippen LogP contribution in [0.25, 0.3) is 0 Å². The largest absolute Gasteiger partial charge is 0.293 e. The van der Waals surface area contributed by atoms with Crippen molar-refractivity contribution in [3.8, 4) is 0 Å². The van der Waals surface area contributed by atoms with E-state index in [0.717, 1.165) is 10.0 Å². The van der Waals surface area contributed by atoms with E-state index in [1.807, 2.05) is 30.3 Å². The molecular formula is C16H11BrO2. The van der Waals surface area contributed by atoms with Gasteiger partial charge in [0, 0.05) is 15.6 Å². The lowest BCUT2D eigenvalue weighted by atomic mass is 9.94. The highest BCUT2D eigenvalue weighted by atomic mass is 79.9. The number of ketones is 2. The zero-order valence-electron chi connectivity index (χ0n) is 10.1. The van der Waals surface area contributed by atoms with E-state index in [-0.39, 0.29) is 11.6 Å². The van der Waals surface area contributed by atoms with Crippen LogP contribution in [-0.2, 0) is 6.42 Å². The van der Waals surface area contributed by atoms with Gasteiger partial charge in [0.15, 0.2) is 11.6 Å². The average Bonchev–Trinajstić information content (AvgIpc) is 2.75. The van der Waals surface area contributed by atoms with Gasteiger partial charge in [0.05, 0.1) is 5.92 Å². The van der Waals surface area contributed by atoms with E-state index in [4.69, 9.17) is 0 Å². The van der Waals surface area contributed by atoms with Crippen molar-refractivity contribution in [3.63, 3.8) is 0 Å². The molecule has 0 spiro atoms. The van der Waals surface area contributed by atoms with Crippen molar-refractivity contribution in [1.82, 2.24) is 0 Å². The van der Waals surface area contributed by atoms with Gasteiger partial charge in [0.2, 0.25) is 0 Å². The monoisotopic (exact) mass is 314 g/mol. The van der Waals surface area contributed by atoms with Crippen LogP contribution in [-0.4, -0.2) is 11.6 Å². The molecule has 0 fully saturated rings. The minimum atomic E-state index is -0.563. The molecule has 0 aliphatic heterocycles. The predicted molar refractivity (Wildman–Crippen MR) is 76.4 cm³/mol. The number of hydrogen-bond acceptors (Lipinski definition) is 2. The maximum absolute atomic E-state index is 12.4. The SMILES string of the molecule is O=C(c1ccccc1)C1Cc2cc(Br)ccc2C1=O. The molecule has 0 aromatic heterocycles. The topological polar surface area (TPSA) is 34.1 Å². The smallest absolute Gasteiger partial charge is 0.174 e. The summed E-state index contributed by atoms with van der Waals surface area (Å²) >= 11 is 3.39. The third-order valence-corrected chi connectivity index (χ3v) is 3.94. The summed E-state index contributed by atoms with van der Waals surface area (Å²) in [5, 5.41) is 0. The molecule has 3 heteroatoms. The summed E-state index contributed by atoms with van der Waals surface area (Å²) in [6.45, 7) is 0. The predicted octanol–water partition coefficient (Wildman–Crippen LogP) is 3.69. The van der Waals surface area contributed by atoms with Gasteiger partial charge >= 0.3 is 0 Å². The van der Waals surface area contributed by atoms with Crippen LogP contribution in [0.3, 0.4) is 0 Å². The fourth-order valence-electron chi connectivity index (χ4n) is 2.49. The fourth-order valence-corrected chi connectivity index (χ4v) is 2.90. The lowest BCUT2D eigenvalue weighted by molar-refractivity contribution is 0.0822. The fraction of sp³-hybridized carbons (Fsp3) is 0.125. The van der Waals surface area contributed by atoms with Crippen LogP contribution in [0.4, 0.5) is 0 Å². The van der Waals surface area contributed by atoms with Crippen LogP contribution in [0.5, 0.6) is 0 Å². The number of rotatable bonds is 2.